The molecule has 0 radical (unpaired) electrons. The summed E-state index contributed by atoms with van der Waals surface area (Å²) in [6, 6.07) is 19.7. The molecule has 1 fully saturated rings. The van der Waals surface area contributed by atoms with Crippen molar-refractivity contribution in [1.82, 2.24) is 5.32 Å². The predicted octanol–water partition coefficient (Wildman–Crippen LogP) is 3.35. The van der Waals surface area contributed by atoms with Gasteiger partial charge in [-0.05, 0) is 24.0 Å². The maximum absolute atomic E-state index is 12.2. The first-order chi connectivity index (χ1) is 11.2. The predicted molar refractivity (Wildman–Crippen MR) is 91.0 cm³/mol. The van der Waals surface area contributed by atoms with Crippen molar-refractivity contribution in [2.45, 2.75) is 37.2 Å². The van der Waals surface area contributed by atoms with E-state index >= 15 is 0 Å². The van der Waals surface area contributed by atoms with E-state index in [-0.39, 0.29) is 17.7 Å². The van der Waals surface area contributed by atoms with Gasteiger partial charge in [-0.25, -0.2) is 0 Å². The average molecular weight is 309 g/mol. The summed E-state index contributed by atoms with van der Waals surface area (Å²) in [6.45, 7) is 0.650. The van der Waals surface area contributed by atoms with Crippen LogP contribution in [0.3, 0.4) is 0 Å². The molecule has 0 aromatic heterocycles. The quantitative estimate of drug-likeness (QED) is 0.860. The third-order valence-electron chi connectivity index (χ3n) is 4.88. The first-order valence-corrected chi connectivity index (χ1v) is 8.25. The molecule has 0 saturated heterocycles. The summed E-state index contributed by atoms with van der Waals surface area (Å²) in [5.41, 5.74) is 2.16. The van der Waals surface area contributed by atoms with Gasteiger partial charge in [-0.3, -0.25) is 4.79 Å². The smallest absolute Gasteiger partial charge is 0.222 e. The zero-order chi connectivity index (χ0) is 16.1. The fraction of sp³-hybridized carbons (Fsp3) is 0.350. The van der Waals surface area contributed by atoms with Gasteiger partial charge in [0.1, 0.15) is 0 Å². The van der Waals surface area contributed by atoms with Crippen LogP contribution >= 0.6 is 0 Å². The third kappa shape index (κ3) is 3.62. The maximum Gasteiger partial charge on any atom is 0.222 e. The molecule has 1 unspecified atom stereocenters. The third-order valence-corrected chi connectivity index (χ3v) is 4.88. The van der Waals surface area contributed by atoms with Gasteiger partial charge in [0.05, 0.1) is 12.5 Å². The molecule has 1 atom stereocenters. The number of aliphatic hydroxyl groups is 1. The topological polar surface area (TPSA) is 49.3 Å². The highest BCUT2D eigenvalue weighted by molar-refractivity contribution is 5.76. The van der Waals surface area contributed by atoms with Crippen molar-refractivity contribution < 1.29 is 9.90 Å². The molecule has 3 heteroatoms. The molecule has 0 bridgehead atoms. The lowest BCUT2D eigenvalue weighted by Gasteiger charge is -2.42. The van der Waals surface area contributed by atoms with Gasteiger partial charge in [-0.2, -0.15) is 0 Å². The van der Waals surface area contributed by atoms with E-state index in [1.807, 2.05) is 36.4 Å². The summed E-state index contributed by atoms with van der Waals surface area (Å²) in [4.78, 5) is 12.2. The minimum Gasteiger partial charge on any atom is -0.388 e. The Bertz CT molecular complexity index is 635. The Morgan fingerprint density at radius 3 is 2.22 bits per heavy atom. The van der Waals surface area contributed by atoms with Gasteiger partial charge in [-0.15, -0.1) is 0 Å². The molecule has 1 saturated carbocycles. The Labute approximate surface area is 137 Å². The molecule has 2 aromatic carbocycles. The molecule has 0 heterocycles. The summed E-state index contributed by atoms with van der Waals surface area (Å²) in [7, 11) is 0. The number of carbonyl (C=O) groups excluding carboxylic acids is 1. The fourth-order valence-corrected chi connectivity index (χ4v) is 3.27. The largest absolute Gasteiger partial charge is 0.388 e. The normalized spacial score (nSPS) is 17.1. The Hall–Kier alpha value is -2.13. The molecule has 1 aliphatic rings. The lowest BCUT2D eigenvalue weighted by atomic mass is 9.64. The van der Waals surface area contributed by atoms with Crippen LogP contribution in [-0.4, -0.2) is 17.6 Å². The summed E-state index contributed by atoms with van der Waals surface area (Å²) in [5.74, 6) is -0.0939. The molecule has 2 N–H and O–H groups in total. The number of hydrogen-bond donors (Lipinski definition) is 2. The Balaban J connectivity index is 1.56. The van der Waals surface area contributed by atoms with E-state index in [0.29, 0.717) is 6.54 Å². The number of carbonyl (C=O) groups is 1. The van der Waals surface area contributed by atoms with Crippen LogP contribution in [0.5, 0.6) is 0 Å². The number of rotatable bonds is 6. The van der Waals surface area contributed by atoms with Crippen molar-refractivity contribution in [3.63, 3.8) is 0 Å². The second-order valence-corrected chi connectivity index (χ2v) is 6.41. The summed E-state index contributed by atoms with van der Waals surface area (Å²) >= 11 is 0. The molecular weight excluding hydrogens is 286 g/mol. The molecule has 3 nitrogen and oxygen atoms in total. The summed E-state index contributed by atoms with van der Waals surface area (Å²) in [6.07, 6.45) is 2.79. The van der Waals surface area contributed by atoms with E-state index < -0.39 is 6.10 Å². The minimum atomic E-state index is -0.745. The molecule has 3 rings (SSSR count). The Kier molecular flexibility index (Phi) is 4.77. The van der Waals surface area contributed by atoms with Crippen LogP contribution in [0, 0.1) is 0 Å². The van der Waals surface area contributed by atoms with Gasteiger partial charge in [0.25, 0.3) is 0 Å². The first kappa shape index (κ1) is 15.8. The SMILES string of the molecule is O=C(CC(O)c1ccccc1)NCC1(c2ccccc2)CCC1. The fourth-order valence-electron chi connectivity index (χ4n) is 3.27. The molecule has 0 aliphatic heterocycles. The molecule has 1 aliphatic carbocycles. The molecule has 1 amide bonds. The second kappa shape index (κ2) is 6.97. The van der Waals surface area contributed by atoms with Crippen molar-refractivity contribution in [2.24, 2.45) is 0 Å². The number of amides is 1. The lowest BCUT2D eigenvalue weighted by Crippen LogP contribution is -2.45. The molecule has 120 valence electrons. The summed E-state index contributed by atoms with van der Waals surface area (Å²) in [5, 5.41) is 13.2. The highest BCUT2D eigenvalue weighted by atomic mass is 16.3. The van der Waals surface area contributed by atoms with Crippen LogP contribution in [0.1, 0.15) is 42.9 Å². The number of hydrogen-bond acceptors (Lipinski definition) is 2. The first-order valence-electron chi connectivity index (χ1n) is 8.25. The lowest BCUT2D eigenvalue weighted by molar-refractivity contribution is -0.123. The molecule has 23 heavy (non-hydrogen) atoms. The second-order valence-electron chi connectivity index (χ2n) is 6.41. The average Bonchev–Trinajstić information content (AvgIpc) is 2.55. The van der Waals surface area contributed by atoms with Crippen LogP contribution in [0.25, 0.3) is 0 Å². The highest BCUT2D eigenvalue weighted by Gasteiger charge is 2.38. The van der Waals surface area contributed by atoms with Crippen LogP contribution in [0.4, 0.5) is 0 Å². The van der Waals surface area contributed by atoms with Crippen LogP contribution in [0.2, 0.25) is 0 Å². The van der Waals surface area contributed by atoms with E-state index in [9.17, 15) is 9.90 Å². The van der Waals surface area contributed by atoms with Gasteiger partial charge in [0.15, 0.2) is 0 Å². The Morgan fingerprint density at radius 2 is 1.65 bits per heavy atom. The number of nitrogens with one attached hydrogen (secondary N) is 1. The zero-order valence-corrected chi connectivity index (χ0v) is 13.2. The Morgan fingerprint density at radius 1 is 1.04 bits per heavy atom. The van der Waals surface area contributed by atoms with E-state index in [0.717, 1.165) is 18.4 Å². The van der Waals surface area contributed by atoms with Gasteiger partial charge >= 0.3 is 0 Å². The van der Waals surface area contributed by atoms with Crippen molar-refractivity contribution in [3.8, 4) is 0 Å². The zero-order valence-electron chi connectivity index (χ0n) is 13.2. The van der Waals surface area contributed by atoms with Crippen molar-refractivity contribution >= 4 is 5.91 Å². The van der Waals surface area contributed by atoms with Gasteiger partial charge in [0.2, 0.25) is 5.91 Å². The maximum atomic E-state index is 12.2. The van der Waals surface area contributed by atoms with Crippen LogP contribution < -0.4 is 5.32 Å². The minimum absolute atomic E-state index is 0.0780. The highest BCUT2D eigenvalue weighted by Crippen LogP contribution is 2.43. The van der Waals surface area contributed by atoms with E-state index in [4.69, 9.17) is 0 Å². The van der Waals surface area contributed by atoms with Gasteiger partial charge in [0, 0.05) is 12.0 Å². The molecular formula is C20H23NO2. The monoisotopic (exact) mass is 309 g/mol. The van der Waals surface area contributed by atoms with E-state index in [1.54, 1.807) is 0 Å². The van der Waals surface area contributed by atoms with Crippen molar-refractivity contribution in [1.29, 1.82) is 0 Å². The van der Waals surface area contributed by atoms with E-state index in [1.165, 1.54) is 12.0 Å². The number of aliphatic hydroxyl groups excluding tert-OH is 1. The molecule has 2 aromatic rings. The van der Waals surface area contributed by atoms with Crippen LogP contribution in [-0.2, 0) is 10.2 Å². The molecule has 0 spiro atoms. The van der Waals surface area contributed by atoms with Gasteiger partial charge in [-0.1, -0.05) is 67.1 Å². The standard InChI is InChI=1S/C20H23NO2/c22-18(16-8-3-1-4-9-16)14-19(23)21-15-20(12-7-13-20)17-10-5-2-6-11-17/h1-6,8-11,18,22H,7,12-15H2,(H,21,23). The van der Waals surface area contributed by atoms with Gasteiger partial charge < -0.3 is 10.4 Å². The summed E-state index contributed by atoms with van der Waals surface area (Å²) < 4.78 is 0. The van der Waals surface area contributed by atoms with Crippen molar-refractivity contribution in [2.75, 3.05) is 6.54 Å². The van der Waals surface area contributed by atoms with E-state index in [2.05, 4.69) is 29.6 Å². The number of benzene rings is 2. The van der Waals surface area contributed by atoms with Crippen molar-refractivity contribution in [3.05, 3.63) is 71.8 Å². The van der Waals surface area contributed by atoms with Crippen LogP contribution in [0.15, 0.2) is 60.7 Å².